The topological polar surface area (TPSA) is 70.1 Å². The number of amides is 2. The maximum atomic E-state index is 12.3. The van der Waals surface area contributed by atoms with Gasteiger partial charge in [0.15, 0.2) is 0 Å². The van der Waals surface area contributed by atoms with Crippen LogP contribution < -0.4 is 0 Å². The lowest BCUT2D eigenvalue weighted by Crippen LogP contribution is -2.51. The Kier molecular flexibility index (Phi) is 3.75. The van der Waals surface area contributed by atoms with Crippen molar-refractivity contribution >= 4 is 12.0 Å². The molecule has 2 amide bonds. The molecule has 18 heavy (non-hydrogen) atoms. The standard InChI is InChI=1S/C12H20N2O4/c1-8-9(5-7-18-8)13(2)12(17)14-6-3-4-10(14)11(15)16/h8-10H,3-7H2,1-2H3,(H,15,16)/t8?,9?,10-/m1/s1. The molecule has 0 radical (unpaired) electrons. The molecule has 0 spiro atoms. The zero-order valence-electron chi connectivity index (χ0n) is 10.8. The molecule has 0 aliphatic carbocycles. The van der Waals surface area contributed by atoms with Crippen LogP contribution in [0.4, 0.5) is 4.79 Å². The molecule has 6 heteroatoms. The van der Waals surface area contributed by atoms with E-state index in [1.807, 2.05) is 6.92 Å². The fraction of sp³-hybridized carbons (Fsp3) is 0.833. The van der Waals surface area contributed by atoms with Crippen molar-refractivity contribution < 1.29 is 19.4 Å². The van der Waals surface area contributed by atoms with Crippen LogP contribution in [0.5, 0.6) is 0 Å². The number of carbonyl (C=O) groups is 2. The summed E-state index contributed by atoms with van der Waals surface area (Å²) in [5, 5.41) is 9.09. The summed E-state index contributed by atoms with van der Waals surface area (Å²) in [4.78, 5) is 26.5. The summed E-state index contributed by atoms with van der Waals surface area (Å²) in [6, 6.07) is -0.813. The number of likely N-dealkylation sites (tertiary alicyclic amines) is 1. The van der Waals surface area contributed by atoms with Gasteiger partial charge in [-0.25, -0.2) is 9.59 Å². The lowest BCUT2D eigenvalue weighted by atomic mass is 10.1. The fourth-order valence-corrected chi connectivity index (χ4v) is 2.83. The Bertz CT molecular complexity index is 347. The summed E-state index contributed by atoms with van der Waals surface area (Å²) in [6.07, 6.45) is 2.14. The van der Waals surface area contributed by atoms with E-state index in [2.05, 4.69) is 0 Å². The van der Waals surface area contributed by atoms with Crippen LogP contribution in [0.1, 0.15) is 26.2 Å². The molecule has 2 heterocycles. The highest BCUT2D eigenvalue weighted by atomic mass is 16.5. The van der Waals surface area contributed by atoms with E-state index in [0.29, 0.717) is 19.6 Å². The average molecular weight is 256 g/mol. The first-order valence-corrected chi connectivity index (χ1v) is 6.40. The van der Waals surface area contributed by atoms with Crippen molar-refractivity contribution in [1.29, 1.82) is 0 Å². The molecule has 102 valence electrons. The minimum Gasteiger partial charge on any atom is -0.480 e. The number of carbonyl (C=O) groups excluding carboxylic acids is 1. The second-order valence-electron chi connectivity index (χ2n) is 5.02. The third kappa shape index (κ3) is 2.29. The van der Waals surface area contributed by atoms with E-state index in [0.717, 1.165) is 12.8 Å². The molecule has 0 saturated carbocycles. The molecule has 0 bridgehead atoms. The lowest BCUT2D eigenvalue weighted by Gasteiger charge is -2.32. The van der Waals surface area contributed by atoms with Crippen molar-refractivity contribution in [3.8, 4) is 0 Å². The number of ether oxygens (including phenoxy) is 1. The minimum absolute atomic E-state index is 0.0184. The van der Waals surface area contributed by atoms with Gasteiger partial charge in [0, 0.05) is 20.2 Å². The van der Waals surface area contributed by atoms with Gasteiger partial charge in [0.25, 0.3) is 0 Å². The highest BCUT2D eigenvalue weighted by Gasteiger charge is 2.39. The predicted octanol–water partition coefficient (Wildman–Crippen LogP) is 0.765. The van der Waals surface area contributed by atoms with Gasteiger partial charge in [-0.1, -0.05) is 0 Å². The van der Waals surface area contributed by atoms with E-state index in [1.54, 1.807) is 11.9 Å². The molecule has 0 aromatic carbocycles. The van der Waals surface area contributed by atoms with Gasteiger partial charge < -0.3 is 19.6 Å². The number of carboxylic acid groups (broad SMARTS) is 1. The average Bonchev–Trinajstić information content (AvgIpc) is 2.95. The van der Waals surface area contributed by atoms with E-state index in [1.165, 1.54) is 4.90 Å². The number of urea groups is 1. The quantitative estimate of drug-likeness (QED) is 0.792. The molecule has 2 saturated heterocycles. The van der Waals surface area contributed by atoms with Crippen LogP contribution >= 0.6 is 0 Å². The molecule has 2 rings (SSSR count). The molecule has 2 fully saturated rings. The number of hydrogen-bond acceptors (Lipinski definition) is 3. The van der Waals surface area contributed by atoms with Gasteiger partial charge in [-0.05, 0) is 26.2 Å². The fourth-order valence-electron chi connectivity index (χ4n) is 2.83. The van der Waals surface area contributed by atoms with Crippen LogP contribution in [0.25, 0.3) is 0 Å². The van der Waals surface area contributed by atoms with Crippen molar-refractivity contribution in [2.75, 3.05) is 20.2 Å². The van der Waals surface area contributed by atoms with Crippen LogP contribution in [0.2, 0.25) is 0 Å². The minimum atomic E-state index is -0.912. The zero-order valence-corrected chi connectivity index (χ0v) is 10.8. The zero-order chi connectivity index (χ0) is 13.3. The number of carboxylic acids is 1. The van der Waals surface area contributed by atoms with Crippen molar-refractivity contribution in [3.63, 3.8) is 0 Å². The Morgan fingerprint density at radius 1 is 1.39 bits per heavy atom. The normalized spacial score (nSPS) is 31.7. The first-order chi connectivity index (χ1) is 8.52. The Hall–Kier alpha value is -1.30. The number of rotatable bonds is 2. The Labute approximate surface area is 106 Å². The number of likely N-dealkylation sites (N-methyl/N-ethyl adjacent to an activating group) is 1. The van der Waals surface area contributed by atoms with Gasteiger partial charge in [0.05, 0.1) is 12.1 Å². The molecular weight excluding hydrogens is 236 g/mol. The monoisotopic (exact) mass is 256 g/mol. The smallest absolute Gasteiger partial charge is 0.326 e. The van der Waals surface area contributed by atoms with E-state index < -0.39 is 12.0 Å². The summed E-state index contributed by atoms with van der Waals surface area (Å²) in [7, 11) is 1.73. The number of aliphatic carboxylic acids is 1. The molecule has 6 nitrogen and oxygen atoms in total. The third-order valence-electron chi connectivity index (χ3n) is 3.92. The van der Waals surface area contributed by atoms with Crippen LogP contribution in [0, 0.1) is 0 Å². The number of nitrogens with zero attached hydrogens (tertiary/aromatic N) is 2. The Morgan fingerprint density at radius 3 is 2.67 bits per heavy atom. The van der Waals surface area contributed by atoms with Gasteiger partial charge in [-0.3, -0.25) is 0 Å². The highest BCUT2D eigenvalue weighted by Crippen LogP contribution is 2.23. The molecule has 3 atom stereocenters. The summed E-state index contributed by atoms with van der Waals surface area (Å²) in [5.41, 5.74) is 0. The SMILES string of the molecule is CC1OCCC1N(C)C(=O)N1CCC[C@@H]1C(=O)O. The second kappa shape index (κ2) is 5.14. The van der Waals surface area contributed by atoms with Crippen LogP contribution in [0.3, 0.4) is 0 Å². The molecule has 0 aromatic heterocycles. The summed E-state index contributed by atoms with van der Waals surface area (Å²) < 4.78 is 5.44. The predicted molar refractivity (Wildman–Crippen MR) is 64.3 cm³/mol. The van der Waals surface area contributed by atoms with Crippen molar-refractivity contribution in [1.82, 2.24) is 9.80 Å². The van der Waals surface area contributed by atoms with Crippen molar-refractivity contribution in [2.24, 2.45) is 0 Å². The molecule has 2 aliphatic heterocycles. The van der Waals surface area contributed by atoms with E-state index in [-0.39, 0.29) is 18.2 Å². The Morgan fingerprint density at radius 2 is 2.11 bits per heavy atom. The molecule has 2 unspecified atom stereocenters. The van der Waals surface area contributed by atoms with E-state index in [4.69, 9.17) is 9.84 Å². The molecule has 1 N–H and O–H groups in total. The van der Waals surface area contributed by atoms with Gasteiger partial charge >= 0.3 is 12.0 Å². The van der Waals surface area contributed by atoms with Gasteiger partial charge in [-0.2, -0.15) is 0 Å². The van der Waals surface area contributed by atoms with E-state index in [9.17, 15) is 9.59 Å². The van der Waals surface area contributed by atoms with Crippen LogP contribution in [-0.2, 0) is 9.53 Å². The third-order valence-corrected chi connectivity index (χ3v) is 3.92. The summed E-state index contributed by atoms with van der Waals surface area (Å²) in [6.45, 7) is 3.13. The Balaban J connectivity index is 2.04. The lowest BCUT2D eigenvalue weighted by molar-refractivity contribution is -0.141. The van der Waals surface area contributed by atoms with Gasteiger partial charge in [0.2, 0.25) is 0 Å². The maximum absolute atomic E-state index is 12.3. The van der Waals surface area contributed by atoms with Crippen LogP contribution in [0.15, 0.2) is 0 Å². The molecule has 0 aromatic rings. The molecule has 2 aliphatic rings. The first-order valence-electron chi connectivity index (χ1n) is 6.40. The van der Waals surface area contributed by atoms with Gasteiger partial charge in [-0.15, -0.1) is 0 Å². The maximum Gasteiger partial charge on any atom is 0.326 e. The van der Waals surface area contributed by atoms with Crippen molar-refractivity contribution in [3.05, 3.63) is 0 Å². The summed E-state index contributed by atoms with van der Waals surface area (Å²) in [5.74, 6) is -0.912. The summed E-state index contributed by atoms with van der Waals surface area (Å²) >= 11 is 0. The number of hydrogen-bond donors (Lipinski definition) is 1. The highest BCUT2D eigenvalue weighted by molar-refractivity contribution is 5.83. The molecular formula is C12H20N2O4. The van der Waals surface area contributed by atoms with E-state index >= 15 is 0 Å². The largest absolute Gasteiger partial charge is 0.480 e. The second-order valence-corrected chi connectivity index (χ2v) is 5.02. The van der Waals surface area contributed by atoms with Gasteiger partial charge in [0.1, 0.15) is 6.04 Å². The first kappa shape index (κ1) is 13.1. The van der Waals surface area contributed by atoms with Crippen LogP contribution in [-0.4, -0.2) is 65.3 Å². The van der Waals surface area contributed by atoms with Crippen molar-refractivity contribution in [2.45, 2.75) is 44.4 Å².